The Morgan fingerprint density at radius 2 is 1.70 bits per heavy atom. The molecular weight excluding hydrogens is 341 g/mol. The second kappa shape index (κ2) is 8.16. The molecule has 2 heterocycles. The van der Waals surface area contributed by atoms with Crippen LogP contribution in [0.1, 0.15) is 24.2 Å². The molecule has 0 bridgehead atoms. The van der Waals surface area contributed by atoms with E-state index in [-0.39, 0.29) is 11.9 Å². The summed E-state index contributed by atoms with van der Waals surface area (Å²) in [6.45, 7) is 1.77. The van der Waals surface area contributed by atoms with Crippen molar-refractivity contribution in [2.45, 2.75) is 25.4 Å². The summed E-state index contributed by atoms with van der Waals surface area (Å²) < 4.78 is 19.0. The third-order valence-electron chi connectivity index (χ3n) is 4.78. The third-order valence-corrected chi connectivity index (χ3v) is 4.78. The molecule has 0 unspecified atom stereocenters. The van der Waals surface area contributed by atoms with E-state index in [2.05, 4.69) is 22.0 Å². The summed E-state index contributed by atoms with van der Waals surface area (Å²) in [4.78, 5) is 11.4. The highest BCUT2D eigenvalue weighted by Crippen LogP contribution is 2.22. The average Bonchev–Trinajstić information content (AvgIpc) is 2.71. The highest BCUT2D eigenvalue weighted by atomic mass is 19.1. The highest BCUT2D eigenvalue weighted by Gasteiger charge is 2.21. The van der Waals surface area contributed by atoms with Crippen LogP contribution in [0.2, 0.25) is 0 Å². The van der Waals surface area contributed by atoms with E-state index in [1.807, 2.05) is 30.5 Å². The number of hydrogen-bond acceptors (Lipinski definition) is 4. The number of rotatable bonds is 5. The van der Waals surface area contributed by atoms with E-state index in [0.29, 0.717) is 0 Å². The number of benzene rings is 2. The van der Waals surface area contributed by atoms with Crippen molar-refractivity contribution in [2.24, 2.45) is 0 Å². The van der Waals surface area contributed by atoms with Crippen LogP contribution < -0.4 is 9.64 Å². The number of piperidine rings is 1. The van der Waals surface area contributed by atoms with Crippen LogP contribution in [-0.4, -0.2) is 29.2 Å². The van der Waals surface area contributed by atoms with Crippen LogP contribution in [0, 0.1) is 5.82 Å². The molecule has 138 valence electrons. The van der Waals surface area contributed by atoms with Gasteiger partial charge in [-0.1, -0.05) is 30.3 Å². The molecule has 1 aliphatic rings. The SMILES string of the molecule is Fc1ccc(OC2CCN(c3ccnc(Cc4ccccc4)n3)CC2)cc1. The lowest BCUT2D eigenvalue weighted by molar-refractivity contribution is 0.170. The number of anilines is 1. The molecule has 5 heteroatoms. The van der Waals surface area contributed by atoms with Crippen molar-refractivity contribution in [1.29, 1.82) is 0 Å². The Balaban J connectivity index is 1.35. The van der Waals surface area contributed by atoms with Gasteiger partial charge in [-0.25, -0.2) is 14.4 Å². The second-order valence-corrected chi connectivity index (χ2v) is 6.75. The van der Waals surface area contributed by atoms with Gasteiger partial charge in [0.2, 0.25) is 0 Å². The molecule has 0 atom stereocenters. The molecule has 4 nitrogen and oxygen atoms in total. The molecule has 1 aliphatic heterocycles. The minimum atomic E-state index is -0.243. The van der Waals surface area contributed by atoms with Crippen molar-refractivity contribution < 1.29 is 9.13 Å². The zero-order chi connectivity index (χ0) is 18.5. The van der Waals surface area contributed by atoms with E-state index in [4.69, 9.17) is 9.72 Å². The molecule has 0 spiro atoms. The fourth-order valence-corrected chi connectivity index (χ4v) is 3.34. The molecule has 1 saturated heterocycles. The monoisotopic (exact) mass is 363 g/mol. The summed E-state index contributed by atoms with van der Waals surface area (Å²) in [6, 6.07) is 18.5. The first-order chi connectivity index (χ1) is 13.3. The first-order valence-electron chi connectivity index (χ1n) is 9.29. The third kappa shape index (κ3) is 4.61. The van der Waals surface area contributed by atoms with Gasteiger partial charge in [-0.15, -0.1) is 0 Å². The van der Waals surface area contributed by atoms with E-state index >= 15 is 0 Å². The molecular formula is C22H22FN3O. The van der Waals surface area contributed by atoms with Gasteiger partial charge in [0.25, 0.3) is 0 Å². The van der Waals surface area contributed by atoms with Crippen LogP contribution in [0.5, 0.6) is 5.75 Å². The molecule has 0 radical (unpaired) electrons. The van der Waals surface area contributed by atoms with E-state index in [0.717, 1.165) is 49.7 Å². The fourth-order valence-electron chi connectivity index (χ4n) is 3.34. The zero-order valence-electron chi connectivity index (χ0n) is 15.1. The van der Waals surface area contributed by atoms with E-state index in [1.165, 1.54) is 17.7 Å². The smallest absolute Gasteiger partial charge is 0.135 e. The van der Waals surface area contributed by atoms with Gasteiger partial charge in [-0.2, -0.15) is 0 Å². The number of nitrogens with zero attached hydrogens (tertiary/aromatic N) is 3. The Kier molecular flexibility index (Phi) is 5.28. The topological polar surface area (TPSA) is 38.2 Å². The maximum absolute atomic E-state index is 13.0. The van der Waals surface area contributed by atoms with E-state index < -0.39 is 0 Å². The first-order valence-corrected chi connectivity index (χ1v) is 9.29. The molecule has 2 aromatic carbocycles. The van der Waals surface area contributed by atoms with Crippen molar-refractivity contribution in [3.05, 3.63) is 84.1 Å². The van der Waals surface area contributed by atoms with Crippen LogP contribution in [0.25, 0.3) is 0 Å². The summed E-state index contributed by atoms with van der Waals surface area (Å²) in [6.07, 6.45) is 4.54. The number of hydrogen-bond donors (Lipinski definition) is 0. The number of halogens is 1. The van der Waals surface area contributed by atoms with Crippen LogP contribution >= 0.6 is 0 Å². The fraction of sp³-hybridized carbons (Fsp3) is 0.273. The number of ether oxygens (including phenoxy) is 1. The molecule has 1 fully saturated rings. The standard InChI is InChI=1S/C22H22FN3O/c23-18-6-8-19(9-7-18)27-20-11-14-26(15-12-20)22-10-13-24-21(25-22)16-17-4-2-1-3-5-17/h1-10,13,20H,11-12,14-16H2. The van der Waals surface area contributed by atoms with Crippen molar-refractivity contribution >= 4 is 5.82 Å². The summed E-state index contributed by atoms with van der Waals surface area (Å²) in [5, 5.41) is 0. The van der Waals surface area contributed by atoms with Crippen molar-refractivity contribution in [3.63, 3.8) is 0 Å². The van der Waals surface area contributed by atoms with Crippen molar-refractivity contribution in [2.75, 3.05) is 18.0 Å². The van der Waals surface area contributed by atoms with Gasteiger partial charge >= 0.3 is 0 Å². The molecule has 0 saturated carbocycles. The summed E-state index contributed by atoms with van der Waals surface area (Å²) >= 11 is 0. The lowest BCUT2D eigenvalue weighted by Gasteiger charge is -2.33. The minimum Gasteiger partial charge on any atom is -0.490 e. The van der Waals surface area contributed by atoms with Crippen LogP contribution in [0.4, 0.5) is 10.2 Å². The first kappa shape index (κ1) is 17.5. The molecule has 0 N–H and O–H groups in total. The normalized spacial score (nSPS) is 14.9. The lowest BCUT2D eigenvalue weighted by atomic mass is 10.1. The maximum Gasteiger partial charge on any atom is 0.135 e. The number of aromatic nitrogens is 2. The van der Waals surface area contributed by atoms with Gasteiger partial charge < -0.3 is 9.64 Å². The lowest BCUT2D eigenvalue weighted by Crippen LogP contribution is -2.38. The van der Waals surface area contributed by atoms with E-state index in [9.17, 15) is 4.39 Å². The predicted octanol–water partition coefficient (Wildman–Crippen LogP) is 4.25. The summed E-state index contributed by atoms with van der Waals surface area (Å²) in [5.74, 6) is 2.29. The summed E-state index contributed by atoms with van der Waals surface area (Å²) in [7, 11) is 0. The Bertz CT molecular complexity index is 862. The van der Waals surface area contributed by atoms with Gasteiger partial charge in [0.1, 0.15) is 29.3 Å². The molecule has 1 aromatic heterocycles. The largest absolute Gasteiger partial charge is 0.490 e. The van der Waals surface area contributed by atoms with Crippen LogP contribution in [0.3, 0.4) is 0 Å². The Hall–Kier alpha value is -2.95. The molecule has 0 amide bonds. The molecule has 0 aliphatic carbocycles. The van der Waals surface area contributed by atoms with Crippen LogP contribution in [0.15, 0.2) is 66.9 Å². The molecule has 3 aromatic rings. The van der Waals surface area contributed by atoms with Gasteiger partial charge in [0, 0.05) is 38.5 Å². The quantitative estimate of drug-likeness (QED) is 0.679. The minimum absolute atomic E-state index is 0.150. The maximum atomic E-state index is 13.0. The highest BCUT2D eigenvalue weighted by molar-refractivity contribution is 5.38. The summed E-state index contributed by atoms with van der Waals surface area (Å²) in [5.41, 5.74) is 1.21. The van der Waals surface area contributed by atoms with E-state index in [1.54, 1.807) is 12.1 Å². The average molecular weight is 363 g/mol. The van der Waals surface area contributed by atoms with Crippen LogP contribution in [-0.2, 0) is 6.42 Å². The van der Waals surface area contributed by atoms with Gasteiger partial charge in [-0.05, 0) is 35.9 Å². The molecule has 27 heavy (non-hydrogen) atoms. The Morgan fingerprint density at radius 1 is 0.963 bits per heavy atom. The second-order valence-electron chi connectivity index (χ2n) is 6.75. The van der Waals surface area contributed by atoms with Gasteiger partial charge in [0.05, 0.1) is 0 Å². The zero-order valence-corrected chi connectivity index (χ0v) is 15.1. The molecule has 4 rings (SSSR count). The predicted molar refractivity (Wildman–Crippen MR) is 104 cm³/mol. The Morgan fingerprint density at radius 3 is 2.44 bits per heavy atom. The van der Waals surface area contributed by atoms with Gasteiger partial charge in [0.15, 0.2) is 0 Å². The van der Waals surface area contributed by atoms with Gasteiger partial charge in [-0.3, -0.25) is 0 Å². The van der Waals surface area contributed by atoms with Crippen molar-refractivity contribution in [3.8, 4) is 5.75 Å². The Labute approximate surface area is 158 Å². The van der Waals surface area contributed by atoms with Crippen molar-refractivity contribution in [1.82, 2.24) is 9.97 Å².